The Bertz CT molecular complexity index is 703. The van der Waals surface area contributed by atoms with Gasteiger partial charge >= 0.3 is 5.97 Å². The lowest BCUT2D eigenvalue weighted by atomic mass is 10.1. The van der Waals surface area contributed by atoms with Crippen LogP contribution in [0.4, 0.5) is 10.1 Å². The molecule has 0 spiro atoms. The third kappa shape index (κ3) is 3.38. The van der Waals surface area contributed by atoms with E-state index in [4.69, 9.17) is 11.6 Å². The van der Waals surface area contributed by atoms with Gasteiger partial charge in [0.1, 0.15) is 5.82 Å². The molecule has 0 radical (unpaired) electrons. The molecule has 108 valence electrons. The summed E-state index contributed by atoms with van der Waals surface area (Å²) in [6.45, 7) is 0. The molecular weight excluding hydrogens is 297 g/mol. The number of anilines is 1. The lowest BCUT2D eigenvalue weighted by Crippen LogP contribution is -2.17. The van der Waals surface area contributed by atoms with Crippen molar-refractivity contribution in [3.05, 3.63) is 64.4 Å². The molecule has 0 aliphatic carbocycles. The standard InChI is InChI=1S/C15H11ClFNO3/c1-21-15(20)11-5-3-2-4-10(11)14(19)18-9-6-7-13(17)12(16)8-9/h2-8H,1H3,(H,18,19). The smallest absolute Gasteiger partial charge is 0.338 e. The predicted octanol–water partition coefficient (Wildman–Crippen LogP) is 3.52. The third-order valence-corrected chi connectivity index (χ3v) is 3.04. The van der Waals surface area contributed by atoms with Gasteiger partial charge in [0.15, 0.2) is 0 Å². The largest absolute Gasteiger partial charge is 0.465 e. The molecule has 2 rings (SSSR count). The Kier molecular flexibility index (Phi) is 4.55. The fourth-order valence-corrected chi connectivity index (χ4v) is 1.92. The van der Waals surface area contributed by atoms with Crippen LogP contribution in [0, 0.1) is 5.82 Å². The van der Waals surface area contributed by atoms with E-state index in [2.05, 4.69) is 10.1 Å². The monoisotopic (exact) mass is 307 g/mol. The summed E-state index contributed by atoms with van der Waals surface area (Å²) < 4.78 is 17.7. The SMILES string of the molecule is COC(=O)c1ccccc1C(=O)Nc1ccc(F)c(Cl)c1. The van der Waals surface area contributed by atoms with Crippen LogP contribution in [0.5, 0.6) is 0 Å². The minimum absolute atomic E-state index is 0.103. The number of hydrogen-bond donors (Lipinski definition) is 1. The maximum atomic E-state index is 13.1. The highest BCUT2D eigenvalue weighted by Gasteiger charge is 2.17. The Balaban J connectivity index is 2.28. The lowest BCUT2D eigenvalue weighted by molar-refractivity contribution is 0.0597. The maximum Gasteiger partial charge on any atom is 0.338 e. The number of hydrogen-bond acceptors (Lipinski definition) is 3. The molecule has 2 aromatic carbocycles. The molecule has 0 atom stereocenters. The molecule has 4 nitrogen and oxygen atoms in total. The molecule has 0 bridgehead atoms. The number of nitrogens with one attached hydrogen (secondary N) is 1. The topological polar surface area (TPSA) is 55.4 Å². The summed E-state index contributed by atoms with van der Waals surface area (Å²) in [5.74, 6) is -1.71. The summed E-state index contributed by atoms with van der Waals surface area (Å²) in [5.41, 5.74) is 0.626. The van der Waals surface area contributed by atoms with E-state index in [0.717, 1.165) is 6.07 Å². The zero-order valence-corrected chi connectivity index (χ0v) is 11.8. The molecule has 0 heterocycles. The molecule has 1 amide bonds. The van der Waals surface area contributed by atoms with Crippen LogP contribution in [-0.2, 0) is 4.74 Å². The summed E-state index contributed by atoms with van der Waals surface area (Å²) >= 11 is 5.65. The second-order valence-corrected chi connectivity index (χ2v) is 4.53. The number of benzene rings is 2. The van der Waals surface area contributed by atoms with Gasteiger partial charge in [-0.25, -0.2) is 9.18 Å². The van der Waals surface area contributed by atoms with Crippen molar-refractivity contribution < 1.29 is 18.7 Å². The van der Waals surface area contributed by atoms with Crippen molar-refractivity contribution in [1.29, 1.82) is 0 Å². The van der Waals surface area contributed by atoms with Gasteiger partial charge in [-0.05, 0) is 30.3 Å². The Morgan fingerprint density at radius 2 is 1.81 bits per heavy atom. The molecule has 0 unspecified atom stereocenters. The minimum Gasteiger partial charge on any atom is -0.465 e. The first-order valence-electron chi connectivity index (χ1n) is 5.96. The van der Waals surface area contributed by atoms with Gasteiger partial charge in [0.05, 0.1) is 23.3 Å². The fourth-order valence-electron chi connectivity index (χ4n) is 1.74. The zero-order valence-electron chi connectivity index (χ0n) is 11.0. The Labute approximate surface area is 125 Å². The van der Waals surface area contributed by atoms with E-state index in [9.17, 15) is 14.0 Å². The molecule has 0 saturated heterocycles. The van der Waals surface area contributed by atoms with Crippen LogP contribution in [0.1, 0.15) is 20.7 Å². The van der Waals surface area contributed by atoms with Crippen LogP contribution in [0.15, 0.2) is 42.5 Å². The van der Waals surface area contributed by atoms with Gasteiger partial charge in [-0.2, -0.15) is 0 Å². The van der Waals surface area contributed by atoms with Gasteiger partial charge in [0, 0.05) is 5.69 Å². The summed E-state index contributed by atoms with van der Waals surface area (Å²) in [6.07, 6.45) is 0. The van der Waals surface area contributed by atoms with Crippen molar-refractivity contribution in [2.75, 3.05) is 12.4 Å². The number of ether oxygens (including phenoxy) is 1. The Hall–Kier alpha value is -2.40. The van der Waals surface area contributed by atoms with Crippen molar-refractivity contribution in [2.45, 2.75) is 0 Å². The average molecular weight is 308 g/mol. The van der Waals surface area contributed by atoms with E-state index < -0.39 is 17.7 Å². The van der Waals surface area contributed by atoms with E-state index in [1.807, 2.05) is 0 Å². The van der Waals surface area contributed by atoms with E-state index >= 15 is 0 Å². The molecule has 0 aromatic heterocycles. The number of carbonyl (C=O) groups excluding carboxylic acids is 2. The normalized spacial score (nSPS) is 10.0. The second kappa shape index (κ2) is 6.37. The first kappa shape index (κ1) is 15.0. The quantitative estimate of drug-likeness (QED) is 0.883. The second-order valence-electron chi connectivity index (χ2n) is 4.12. The van der Waals surface area contributed by atoms with Crippen LogP contribution in [-0.4, -0.2) is 19.0 Å². The molecule has 1 N–H and O–H groups in total. The van der Waals surface area contributed by atoms with Gasteiger partial charge in [0.25, 0.3) is 5.91 Å². The fraction of sp³-hybridized carbons (Fsp3) is 0.0667. The van der Waals surface area contributed by atoms with Gasteiger partial charge in [0.2, 0.25) is 0 Å². The lowest BCUT2D eigenvalue weighted by Gasteiger charge is -2.09. The summed E-state index contributed by atoms with van der Waals surface area (Å²) in [5, 5.41) is 2.45. The van der Waals surface area contributed by atoms with Crippen molar-refractivity contribution in [3.8, 4) is 0 Å². The third-order valence-electron chi connectivity index (χ3n) is 2.75. The highest BCUT2D eigenvalue weighted by Crippen LogP contribution is 2.20. The van der Waals surface area contributed by atoms with Crippen LogP contribution in [0.3, 0.4) is 0 Å². The first-order chi connectivity index (χ1) is 10.0. The van der Waals surface area contributed by atoms with Crippen molar-refractivity contribution in [2.24, 2.45) is 0 Å². The van der Waals surface area contributed by atoms with Crippen molar-refractivity contribution >= 4 is 29.2 Å². The number of carbonyl (C=O) groups is 2. The summed E-state index contributed by atoms with van der Waals surface area (Å²) in [6, 6.07) is 10.0. The van der Waals surface area contributed by atoms with Gasteiger partial charge in [-0.1, -0.05) is 23.7 Å². The molecule has 2 aromatic rings. The average Bonchev–Trinajstić information content (AvgIpc) is 2.50. The predicted molar refractivity (Wildman–Crippen MR) is 77.1 cm³/mol. The van der Waals surface area contributed by atoms with Crippen LogP contribution < -0.4 is 5.32 Å². The summed E-state index contributed by atoms with van der Waals surface area (Å²) in [7, 11) is 1.23. The Morgan fingerprint density at radius 1 is 1.14 bits per heavy atom. The molecule has 0 fully saturated rings. The first-order valence-corrected chi connectivity index (χ1v) is 6.34. The molecule has 21 heavy (non-hydrogen) atoms. The van der Waals surface area contributed by atoms with E-state index in [-0.39, 0.29) is 16.1 Å². The number of methoxy groups -OCH3 is 1. The van der Waals surface area contributed by atoms with Crippen LogP contribution in [0.25, 0.3) is 0 Å². The van der Waals surface area contributed by atoms with Crippen molar-refractivity contribution in [3.63, 3.8) is 0 Å². The van der Waals surface area contributed by atoms with Gasteiger partial charge < -0.3 is 10.1 Å². The van der Waals surface area contributed by atoms with E-state index in [1.165, 1.54) is 31.4 Å². The van der Waals surface area contributed by atoms with Crippen molar-refractivity contribution in [1.82, 2.24) is 0 Å². The maximum absolute atomic E-state index is 13.1. The highest BCUT2D eigenvalue weighted by atomic mass is 35.5. The number of halogens is 2. The zero-order chi connectivity index (χ0) is 15.4. The number of esters is 1. The number of amides is 1. The molecular formula is C15H11ClFNO3. The minimum atomic E-state index is -0.613. The van der Waals surface area contributed by atoms with E-state index in [0.29, 0.717) is 5.69 Å². The molecule has 6 heteroatoms. The molecule has 0 aliphatic heterocycles. The highest BCUT2D eigenvalue weighted by molar-refractivity contribution is 6.31. The van der Waals surface area contributed by atoms with E-state index in [1.54, 1.807) is 12.1 Å². The van der Waals surface area contributed by atoms with Gasteiger partial charge in [-0.15, -0.1) is 0 Å². The number of rotatable bonds is 3. The summed E-state index contributed by atoms with van der Waals surface area (Å²) in [4.78, 5) is 23.8. The van der Waals surface area contributed by atoms with Crippen LogP contribution >= 0.6 is 11.6 Å². The molecule has 0 aliphatic rings. The van der Waals surface area contributed by atoms with Crippen LogP contribution in [0.2, 0.25) is 5.02 Å². The molecule has 0 saturated carbocycles. The Morgan fingerprint density at radius 3 is 2.43 bits per heavy atom. The van der Waals surface area contributed by atoms with Gasteiger partial charge in [-0.3, -0.25) is 4.79 Å².